The smallest absolute Gasteiger partial charge is 0.191 e. The summed E-state index contributed by atoms with van der Waals surface area (Å²) in [6, 6.07) is 15.7. The van der Waals surface area contributed by atoms with Crippen LogP contribution in [0.1, 0.15) is 24.5 Å². The minimum absolute atomic E-state index is 0.0139. The summed E-state index contributed by atoms with van der Waals surface area (Å²) in [6.45, 7) is 4.50. The molecule has 0 aliphatic carbocycles. The van der Waals surface area contributed by atoms with Crippen molar-refractivity contribution in [1.29, 1.82) is 0 Å². The molecule has 152 valence electrons. The Kier molecular flexibility index (Phi) is 7.87. The Morgan fingerprint density at radius 1 is 1.14 bits per heavy atom. The number of hydrogen-bond acceptors (Lipinski definition) is 4. The Hall–Kier alpha value is -2.54. The monoisotopic (exact) mass is 403 g/mol. The Labute approximate surface area is 168 Å². The molecule has 1 atom stereocenters. The molecule has 0 aliphatic heterocycles. The molecule has 0 saturated heterocycles. The number of benzene rings is 2. The lowest BCUT2D eigenvalue weighted by Gasteiger charge is -2.18. The first kappa shape index (κ1) is 21.8. The lowest BCUT2D eigenvalue weighted by atomic mass is 10.2. The number of guanidine groups is 1. The van der Waals surface area contributed by atoms with Gasteiger partial charge in [-0.1, -0.05) is 35.9 Å². The standard InChI is InChI=1S/C21H29N3O3S/c1-16-9-11-19(12-10-16)27-20-8-6-5-7-18(20)15-23-21(22-3)24-17(2)13-14-28(4,25)26/h5-12,17H,13-15H2,1-4H3,(H2,22,23,24). The average Bonchev–Trinajstić information content (AvgIpc) is 2.65. The molecule has 2 aromatic rings. The van der Waals surface area contributed by atoms with E-state index in [1.807, 2.05) is 62.4 Å². The first-order valence-electron chi connectivity index (χ1n) is 9.24. The van der Waals surface area contributed by atoms with Crippen LogP contribution >= 0.6 is 0 Å². The van der Waals surface area contributed by atoms with Crippen molar-refractivity contribution in [2.45, 2.75) is 32.9 Å². The molecule has 0 fully saturated rings. The number of nitrogens with zero attached hydrogens (tertiary/aromatic N) is 1. The van der Waals surface area contributed by atoms with Crippen molar-refractivity contribution in [3.63, 3.8) is 0 Å². The van der Waals surface area contributed by atoms with E-state index in [4.69, 9.17) is 4.74 Å². The highest BCUT2D eigenvalue weighted by atomic mass is 32.2. The van der Waals surface area contributed by atoms with Crippen LogP contribution in [-0.4, -0.2) is 39.5 Å². The molecular formula is C21H29N3O3S. The van der Waals surface area contributed by atoms with Crippen molar-refractivity contribution in [2.24, 2.45) is 4.99 Å². The molecule has 0 saturated carbocycles. The lowest BCUT2D eigenvalue weighted by molar-refractivity contribution is 0.475. The Balaban J connectivity index is 1.96. The molecular weight excluding hydrogens is 374 g/mol. The van der Waals surface area contributed by atoms with E-state index in [2.05, 4.69) is 15.6 Å². The van der Waals surface area contributed by atoms with Gasteiger partial charge in [0.1, 0.15) is 21.3 Å². The SMILES string of the molecule is CN=C(NCc1ccccc1Oc1ccc(C)cc1)NC(C)CCS(C)(=O)=O. The highest BCUT2D eigenvalue weighted by molar-refractivity contribution is 7.90. The Morgan fingerprint density at radius 2 is 1.82 bits per heavy atom. The van der Waals surface area contributed by atoms with Gasteiger partial charge < -0.3 is 15.4 Å². The molecule has 28 heavy (non-hydrogen) atoms. The van der Waals surface area contributed by atoms with Crippen LogP contribution < -0.4 is 15.4 Å². The van der Waals surface area contributed by atoms with Crippen LogP contribution in [0.5, 0.6) is 11.5 Å². The third-order valence-electron chi connectivity index (χ3n) is 4.20. The van der Waals surface area contributed by atoms with Crippen LogP contribution in [0, 0.1) is 6.92 Å². The van der Waals surface area contributed by atoms with Gasteiger partial charge in [0.15, 0.2) is 5.96 Å². The largest absolute Gasteiger partial charge is 0.457 e. The van der Waals surface area contributed by atoms with Crippen molar-refractivity contribution in [3.8, 4) is 11.5 Å². The van der Waals surface area contributed by atoms with Crippen molar-refractivity contribution in [1.82, 2.24) is 10.6 Å². The molecule has 0 spiro atoms. The molecule has 0 amide bonds. The minimum Gasteiger partial charge on any atom is -0.457 e. The maximum Gasteiger partial charge on any atom is 0.191 e. The molecule has 7 heteroatoms. The number of para-hydroxylation sites is 1. The number of aliphatic imine (C=N–C) groups is 1. The van der Waals surface area contributed by atoms with Gasteiger partial charge >= 0.3 is 0 Å². The molecule has 0 aromatic heterocycles. The highest BCUT2D eigenvalue weighted by Gasteiger charge is 2.10. The number of ether oxygens (including phenoxy) is 1. The van der Waals surface area contributed by atoms with Gasteiger partial charge in [0, 0.05) is 31.5 Å². The molecule has 0 bridgehead atoms. The van der Waals surface area contributed by atoms with Gasteiger partial charge in [-0.3, -0.25) is 4.99 Å². The summed E-state index contributed by atoms with van der Waals surface area (Å²) in [5.41, 5.74) is 2.18. The van der Waals surface area contributed by atoms with Gasteiger partial charge in [0.05, 0.1) is 5.75 Å². The van der Waals surface area contributed by atoms with E-state index in [1.54, 1.807) is 7.05 Å². The topological polar surface area (TPSA) is 79.8 Å². The van der Waals surface area contributed by atoms with E-state index in [9.17, 15) is 8.42 Å². The molecule has 2 N–H and O–H groups in total. The van der Waals surface area contributed by atoms with Crippen LogP contribution in [0.3, 0.4) is 0 Å². The predicted octanol–water partition coefficient (Wildman–Crippen LogP) is 3.28. The van der Waals surface area contributed by atoms with Gasteiger partial charge in [-0.2, -0.15) is 0 Å². The number of sulfone groups is 1. The third-order valence-corrected chi connectivity index (χ3v) is 5.17. The zero-order valence-electron chi connectivity index (χ0n) is 16.9. The first-order chi connectivity index (χ1) is 13.3. The van der Waals surface area contributed by atoms with E-state index < -0.39 is 9.84 Å². The number of rotatable bonds is 8. The molecule has 2 rings (SSSR count). The van der Waals surface area contributed by atoms with Gasteiger partial charge in [-0.25, -0.2) is 8.42 Å². The van der Waals surface area contributed by atoms with E-state index in [0.717, 1.165) is 17.1 Å². The lowest BCUT2D eigenvalue weighted by Crippen LogP contribution is -2.42. The van der Waals surface area contributed by atoms with Crippen molar-refractivity contribution >= 4 is 15.8 Å². The van der Waals surface area contributed by atoms with Crippen LogP contribution in [-0.2, 0) is 16.4 Å². The van der Waals surface area contributed by atoms with Crippen molar-refractivity contribution < 1.29 is 13.2 Å². The minimum atomic E-state index is -2.97. The predicted molar refractivity (Wildman–Crippen MR) is 115 cm³/mol. The summed E-state index contributed by atoms with van der Waals surface area (Å²) in [4.78, 5) is 4.22. The van der Waals surface area contributed by atoms with E-state index in [-0.39, 0.29) is 11.8 Å². The zero-order chi connectivity index (χ0) is 20.6. The normalized spacial score (nSPS) is 13.1. The second kappa shape index (κ2) is 10.1. The van der Waals surface area contributed by atoms with Crippen LogP contribution in [0.25, 0.3) is 0 Å². The van der Waals surface area contributed by atoms with Crippen molar-refractivity contribution in [3.05, 3.63) is 59.7 Å². The molecule has 1 unspecified atom stereocenters. The number of aryl methyl sites for hydroxylation is 1. The first-order valence-corrected chi connectivity index (χ1v) is 11.3. The molecule has 0 heterocycles. The summed E-state index contributed by atoms with van der Waals surface area (Å²) in [5.74, 6) is 2.33. The van der Waals surface area contributed by atoms with Crippen LogP contribution in [0.4, 0.5) is 0 Å². The summed E-state index contributed by atoms with van der Waals surface area (Å²) >= 11 is 0. The number of nitrogens with one attached hydrogen (secondary N) is 2. The van der Waals surface area contributed by atoms with Gasteiger partial charge in [0.25, 0.3) is 0 Å². The average molecular weight is 404 g/mol. The fourth-order valence-electron chi connectivity index (χ4n) is 2.55. The van der Waals surface area contributed by atoms with Gasteiger partial charge in [-0.15, -0.1) is 0 Å². The Bertz CT molecular complexity index is 893. The highest BCUT2D eigenvalue weighted by Crippen LogP contribution is 2.25. The molecule has 0 aliphatic rings. The van der Waals surface area contributed by atoms with Gasteiger partial charge in [-0.05, 0) is 38.5 Å². The fourth-order valence-corrected chi connectivity index (χ4v) is 3.33. The maximum absolute atomic E-state index is 11.3. The van der Waals surface area contributed by atoms with Gasteiger partial charge in [0.2, 0.25) is 0 Å². The maximum atomic E-state index is 11.3. The quantitative estimate of drug-likeness (QED) is 0.522. The zero-order valence-corrected chi connectivity index (χ0v) is 17.7. The summed E-state index contributed by atoms with van der Waals surface area (Å²) in [7, 11) is -1.28. The molecule has 6 nitrogen and oxygen atoms in total. The summed E-state index contributed by atoms with van der Waals surface area (Å²) in [6.07, 6.45) is 1.77. The summed E-state index contributed by atoms with van der Waals surface area (Å²) in [5, 5.41) is 6.48. The van der Waals surface area contributed by atoms with Crippen LogP contribution in [0.2, 0.25) is 0 Å². The fraction of sp³-hybridized carbons (Fsp3) is 0.381. The Morgan fingerprint density at radius 3 is 2.46 bits per heavy atom. The van der Waals surface area contributed by atoms with E-state index in [0.29, 0.717) is 18.9 Å². The van der Waals surface area contributed by atoms with Crippen LogP contribution in [0.15, 0.2) is 53.5 Å². The third kappa shape index (κ3) is 7.60. The molecule has 0 radical (unpaired) electrons. The molecule has 2 aromatic carbocycles. The second-order valence-electron chi connectivity index (χ2n) is 6.91. The summed E-state index contributed by atoms with van der Waals surface area (Å²) < 4.78 is 28.7. The number of hydrogen-bond donors (Lipinski definition) is 2. The van der Waals surface area contributed by atoms with E-state index >= 15 is 0 Å². The second-order valence-corrected chi connectivity index (χ2v) is 9.17. The van der Waals surface area contributed by atoms with Crippen molar-refractivity contribution in [2.75, 3.05) is 19.1 Å². The van der Waals surface area contributed by atoms with E-state index in [1.165, 1.54) is 11.8 Å².